The van der Waals surface area contributed by atoms with E-state index in [9.17, 15) is 4.79 Å². The number of guanidine groups is 1. The van der Waals surface area contributed by atoms with Crippen LogP contribution in [0.2, 0.25) is 0 Å². The Morgan fingerprint density at radius 2 is 2.14 bits per heavy atom. The molecule has 1 amide bonds. The number of aliphatic imine (C=N–C) groups is 1. The molecule has 0 aromatic carbocycles. The predicted molar refractivity (Wildman–Crippen MR) is 77.7 cm³/mol. The molecule has 2 heterocycles. The van der Waals surface area contributed by atoms with Crippen molar-refractivity contribution in [2.24, 2.45) is 4.99 Å². The number of aryl methyl sites for hydroxylation is 1. The van der Waals surface area contributed by atoms with Crippen LogP contribution < -0.4 is 10.6 Å². The van der Waals surface area contributed by atoms with E-state index < -0.39 is 0 Å². The zero-order chi connectivity index (χ0) is 15.1. The Morgan fingerprint density at radius 3 is 2.76 bits per heavy atom. The van der Waals surface area contributed by atoms with Gasteiger partial charge >= 0.3 is 0 Å². The summed E-state index contributed by atoms with van der Waals surface area (Å²) >= 11 is 0. The normalized spacial score (nSPS) is 15.3. The predicted octanol–water partition coefficient (Wildman–Crippen LogP) is 0.0555. The fourth-order valence-corrected chi connectivity index (χ4v) is 2.13. The van der Waals surface area contributed by atoms with E-state index in [2.05, 4.69) is 25.8 Å². The van der Waals surface area contributed by atoms with Gasteiger partial charge in [0, 0.05) is 19.6 Å². The molecule has 2 N–H and O–H groups in total. The van der Waals surface area contributed by atoms with E-state index in [-0.39, 0.29) is 12.5 Å². The minimum absolute atomic E-state index is 0.0679. The monoisotopic (exact) mass is 294 g/mol. The molecule has 1 aliphatic rings. The quantitative estimate of drug-likeness (QED) is 0.589. The molecule has 0 atom stereocenters. The molecular weight excluding hydrogens is 272 g/mol. The van der Waals surface area contributed by atoms with Crippen molar-refractivity contribution in [1.29, 1.82) is 0 Å². The lowest BCUT2D eigenvalue weighted by atomic mass is 10.4. The lowest BCUT2D eigenvalue weighted by Crippen LogP contribution is -2.38. The molecule has 1 fully saturated rings. The first-order valence-electron chi connectivity index (χ1n) is 7.28. The van der Waals surface area contributed by atoms with Gasteiger partial charge in [0.2, 0.25) is 11.8 Å². The van der Waals surface area contributed by atoms with E-state index in [0.29, 0.717) is 30.8 Å². The number of carbonyl (C=O) groups excluding carboxylic acids is 1. The molecule has 0 aliphatic carbocycles. The summed E-state index contributed by atoms with van der Waals surface area (Å²) in [5.74, 6) is 1.72. The first kappa shape index (κ1) is 15.3. The number of hydrogen-bond donors (Lipinski definition) is 2. The number of nitrogens with zero attached hydrogens (tertiary/aromatic N) is 4. The SMILES string of the molecule is CCNC(=NCC(=O)N1CCCC1)NCc1nc(C)no1. The third-order valence-electron chi connectivity index (χ3n) is 3.15. The van der Waals surface area contributed by atoms with Crippen LogP contribution in [0.1, 0.15) is 31.5 Å². The highest BCUT2D eigenvalue weighted by atomic mass is 16.5. The van der Waals surface area contributed by atoms with E-state index in [1.54, 1.807) is 6.92 Å². The first-order valence-corrected chi connectivity index (χ1v) is 7.28. The smallest absolute Gasteiger partial charge is 0.246 e. The van der Waals surface area contributed by atoms with Crippen molar-refractivity contribution in [2.75, 3.05) is 26.2 Å². The summed E-state index contributed by atoms with van der Waals surface area (Å²) in [6.45, 7) is 6.67. The number of nitrogens with one attached hydrogen (secondary N) is 2. The van der Waals surface area contributed by atoms with Crippen LogP contribution in [-0.4, -0.2) is 53.1 Å². The van der Waals surface area contributed by atoms with Gasteiger partial charge in [-0.3, -0.25) is 4.79 Å². The van der Waals surface area contributed by atoms with Gasteiger partial charge in [0.25, 0.3) is 0 Å². The second kappa shape index (κ2) is 7.61. The summed E-state index contributed by atoms with van der Waals surface area (Å²) in [7, 11) is 0. The fourth-order valence-electron chi connectivity index (χ4n) is 2.13. The van der Waals surface area contributed by atoms with Crippen molar-refractivity contribution >= 4 is 11.9 Å². The highest BCUT2D eigenvalue weighted by Crippen LogP contribution is 2.07. The van der Waals surface area contributed by atoms with Gasteiger partial charge in [-0.1, -0.05) is 5.16 Å². The molecule has 21 heavy (non-hydrogen) atoms. The summed E-state index contributed by atoms with van der Waals surface area (Å²) in [6.07, 6.45) is 2.18. The number of hydrogen-bond acceptors (Lipinski definition) is 5. The molecule has 1 saturated heterocycles. The molecule has 8 nitrogen and oxygen atoms in total. The van der Waals surface area contributed by atoms with Gasteiger partial charge in [0.15, 0.2) is 11.8 Å². The van der Waals surface area contributed by atoms with Crippen LogP contribution in [0.4, 0.5) is 0 Å². The van der Waals surface area contributed by atoms with Crippen LogP contribution in [0.25, 0.3) is 0 Å². The summed E-state index contributed by atoms with van der Waals surface area (Å²) in [5.41, 5.74) is 0. The number of carbonyl (C=O) groups is 1. The van der Waals surface area contributed by atoms with Crippen molar-refractivity contribution in [3.8, 4) is 0 Å². The second-order valence-electron chi connectivity index (χ2n) is 4.87. The lowest BCUT2D eigenvalue weighted by molar-refractivity contribution is -0.128. The third kappa shape index (κ3) is 4.73. The Hall–Kier alpha value is -2.12. The molecule has 1 aromatic rings. The van der Waals surface area contributed by atoms with Gasteiger partial charge in [-0.05, 0) is 26.7 Å². The van der Waals surface area contributed by atoms with Crippen LogP contribution in [0.5, 0.6) is 0 Å². The molecule has 116 valence electrons. The van der Waals surface area contributed by atoms with E-state index >= 15 is 0 Å². The minimum Gasteiger partial charge on any atom is -0.357 e. The van der Waals surface area contributed by atoms with Gasteiger partial charge in [0.05, 0.1) is 6.54 Å². The Labute approximate surface area is 124 Å². The summed E-state index contributed by atoms with van der Waals surface area (Å²) in [5, 5.41) is 9.87. The van der Waals surface area contributed by atoms with Crippen molar-refractivity contribution in [2.45, 2.75) is 33.2 Å². The molecule has 0 saturated carbocycles. The van der Waals surface area contributed by atoms with Crippen LogP contribution in [-0.2, 0) is 11.3 Å². The van der Waals surface area contributed by atoms with Crippen molar-refractivity contribution in [3.05, 3.63) is 11.7 Å². The van der Waals surface area contributed by atoms with Gasteiger partial charge in [-0.2, -0.15) is 4.98 Å². The summed E-state index contributed by atoms with van der Waals surface area (Å²) in [4.78, 5) is 22.2. The van der Waals surface area contributed by atoms with E-state index in [0.717, 1.165) is 25.9 Å². The van der Waals surface area contributed by atoms with Crippen molar-refractivity contribution in [1.82, 2.24) is 25.7 Å². The highest BCUT2D eigenvalue weighted by Gasteiger charge is 2.17. The minimum atomic E-state index is 0.0679. The Bertz CT molecular complexity index is 493. The van der Waals surface area contributed by atoms with Crippen LogP contribution in [0.15, 0.2) is 9.52 Å². The van der Waals surface area contributed by atoms with Gasteiger partial charge in [-0.25, -0.2) is 4.99 Å². The third-order valence-corrected chi connectivity index (χ3v) is 3.15. The molecule has 1 aliphatic heterocycles. The molecule has 0 bridgehead atoms. The molecule has 0 unspecified atom stereocenters. The number of likely N-dealkylation sites (tertiary alicyclic amines) is 1. The van der Waals surface area contributed by atoms with Crippen LogP contribution >= 0.6 is 0 Å². The zero-order valence-electron chi connectivity index (χ0n) is 12.6. The Balaban J connectivity index is 1.84. The number of amides is 1. The topological polar surface area (TPSA) is 95.7 Å². The van der Waals surface area contributed by atoms with Crippen LogP contribution in [0, 0.1) is 6.92 Å². The fraction of sp³-hybridized carbons (Fsp3) is 0.692. The highest BCUT2D eigenvalue weighted by molar-refractivity contribution is 5.85. The van der Waals surface area contributed by atoms with E-state index in [4.69, 9.17) is 4.52 Å². The van der Waals surface area contributed by atoms with Gasteiger partial charge in [-0.15, -0.1) is 0 Å². The number of rotatable bonds is 5. The average molecular weight is 294 g/mol. The van der Waals surface area contributed by atoms with Gasteiger partial charge in [0.1, 0.15) is 6.54 Å². The molecular formula is C13H22N6O2. The average Bonchev–Trinajstić information content (AvgIpc) is 3.13. The van der Waals surface area contributed by atoms with Gasteiger partial charge < -0.3 is 20.1 Å². The summed E-state index contributed by atoms with van der Waals surface area (Å²) < 4.78 is 5.02. The lowest BCUT2D eigenvalue weighted by Gasteiger charge is -2.14. The largest absolute Gasteiger partial charge is 0.357 e. The molecule has 0 spiro atoms. The summed E-state index contributed by atoms with van der Waals surface area (Å²) in [6, 6.07) is 0. The standard InChI is InChI=1S/C13H22N6O2/c1-3-14-13(15-8-11-17-10(2)18-21-11)16-9-12(20)19-6-4-5-7-19/h3-9H2,1-2H3,(H2,14,15,16). The zero-order valence-corrected chi connectivity index (χ0v) is 12.6. The Morgan fingerprint density at radius 1 is 1.38 bits per heavy atom. The number of aromatic nitrogens is 2. The van der Waals surface area contributed by atoms with Crippen molar-refractivity contribution in [3.63, 3.8) is 0 Å². The van der Waals surface area contributed by atoms with E-state index in [1.165, 1.54) is 0 Å². The van der Waals surface area contributed by atoms with E-state index in [1.807, 2.05) is 11.8 Å². The van der Waals surface area contributed by atoms with Crippen LogP contribution in [0.3, 0.4) is 0 Å². The maximum atomic E-state index is 12.0. The molecule has 8 heteroatoms. The maximum Gasteiger partial charge on any atom is 0.246 e. The molecule has 2 rings (SSSR count). The Kier molecular flexibility index (Phi) is 5.53. The first-order chi connectivity index (χ1) is 10.2. The second-order valence-corrected chi connectivity index (χ2v) is 4.87. The molecule has 1 aromatic heterocycles. The maximum absolute atomic E-state index is 12.0. The van der Waals surface area contributed by atoms with Crippen molar-refractivity contribution < 1.29 is 9.32 Å². The molecule has 0 radical (unpaired) electrons.